The van der Waals surface area contributed by atoms with Gasteiger partial charge in [0.25, 0.3) is 5.91 Å². The van der Waals surface area contributed by atoms with Crippen LogP contribution >= 0.6 is 11.6 Å². The molecule has 0 spiro atoms. The van der Waals surface area contributed by atoms with Crippen molar-refractivity contribution in [1.82, 2.24) is 10.5 Å². The number of amides is 1. The van der Waals surface area contributed by atoms with Crippen molar-refractivity contribution >= 4 is 17.5 Å². The largest absolute Gasteiger partial charge is 0.491 e. The molecule has 6 nitrogen and oxygen atoms in total. The average Bonchev–Trinajstić information content (AvgIpc) is 3.20. The van der Waals surface area contributed by atoms with Gasteiger partial charge in [-0.15, -0.1) is 0 Å². The zero-order valence-electron chi connectivity index (χ0n) is 15.3. The Morgan fingerprint density at radius 3 is 2.60 bits per heavy atom. The molecule has 0 aliphatic heterocycles. The van der Waals surface area contributed by atoms with Gasteiger partial charge in [0.1, 0.15) is 18.5 Å². The number of hydrogen-bond acceptors (Lipinski definition) is 5. The van der Waals surface area contributed by atoms with Crippen LogP contribution in [0, 0.1) is 0 Å². The zero-order valence-corrected chi connectivity index (χ0v) is 16.1. The standard InChI is InChI=1S/C20H16ClF3N2O4/c21-14-3-1-2-12(8-14)18-9-17(26-30-18)19(28)25-10-15(27)11-29-16-6-4-13(5-7-16)20(22,23)24/h1-9,15,27H,10-11H2,(H,25,28). The van der Waals surface area contributed by atoms with E-state index in [1.54, 1.807) is 24.3 Å². The lowest BCUT2D eigenvalue weighted by Gasteiger charge is -2.13. The second-order valence-electron chi connectivity index (χ2n) is 6.28. The molecule has 1 atom stereocenters. The average molecular weight is 441 g/mol. The predicted octanol–water partition coefficient (Wildman–Crippen LogP) is 4.18. The van der Waals surface area contributed by atoms with Gasteiger partial charge in [0.15, 0.2) is 11.5 Å². The molecule has 30 heavy (non-hydrogen) atoms. The molecule has 0 aliphatic carbocycles. The number of nitrogens with zero attached hydrogens (tertiary/aromatic N) is 1. The minimum absolute atomic E-state index is 0.0147. The van der Waals surface area contributed by atoms with Crippen molar-refractivity contribution in [2.75, 3.05) is 13.2 Å². The van der Waals surface area contributed by atoms with Gasteiger partial charge in [-0.3, -0.25) is 4.79 Å². The van der Waals surface area contributed by atoms with Crippen LogP contribution in [0.3, 0.4) is 0 Å². The van der Waals surface area contributed by atoms with Gasteiger partial charge >= 0.3 is 6.18 Å². The summed E-state index contributed by atoms with van der Waals surface area (Å²) in [6.45, 7) is -0.378. The van der Waals surface area contributed by atoms with Crippen LogP contribution in [0.25, 0.3) is 11.3 Å². The number of hydrogen-bond donors (Lipinski definition) is 2. The van der Waals surface area contributed by atoms with Gasteiger partial charge in [0.05, 0.1) is 5.56 Å². The molecule has 0 fully saturated rings. The van der Waals surface area contributed by atoms with E-state index < -0.39 is 23.8 Å². The van der Waals surface area contributed by atoms with E-state index in [2.05, 4.69) is 10.5 Å². The van der Waals surface area contributed by atoms with E-state index in [-0.39, 0.29) is 24.6 Å². The third kappa shape index (κ3) is 5.74. The van der Waals surface area contributed by atoms with Gasteiger partial charge in [-0.25, -0.2) is 0 Å². The number of ether oxygens (including phenoxy) is 1. The van der Waals surface area contributed by atoms with Crippen molar-refractivity contribution in [3.8, 4) is 17.1 Å². The van der Waals surface area contributed by atoms with E-state index >= 15 is 0 Å². The summed E-state index contributed by atoms with van der Waals surface area (Å²) >= 11 is 5.92. The number of alkyl halides is 3. The normalized spacial score (nSPS) is 12.4. The van der Waals surface area contributed by atoms with Crippen molar-refractivity contribution in [1.29, 1.82) is 0 Å². The third-order valence-electron chi connectivity index (χ3n) is 3.97. The molecule has 1 aromatic heterocycles. The summed E-state index contributed by atoms with van der Waals surface area (Å²) < 4.78 is 47.9. The molecule has 0 saturated heterocycles. The number of rotatable bonds is 7. The fourth-order valence-electron chi connectivity index (χ4n) is 2.45. The fourth-order valence-corrected chi connectivity index (χ4v) is 2.64. The Morgan fingerprint density at radius 2 is 1.93 bits per heavy atom. The predicted molar refractivity (Wildman–Crippen MR) is 102 cm³/mol. The van der Waals surface area contributed by atoms with E-state index in [0.29, 0.717) is 16.3 Å². The fraction of sp³-hybridized carbons (Fsp3) is 0.200. The third-order valence-corrected chi connectivity index (χ3v) is 4.21. The summed E-state index contributed by atoms with van der Waals surface area (Å²) in [6, 6.07) is 12.3. The Bertz CT molecular complexity index is 1010. The summed E-state index contributed by atoms with van der Waals surface area (Å²) in [5, 5.41) is 16.6. The maximum atomic E-state index is 12.5. The number of aromatic nitrogens is 1. The lowest BCUT2D eigenvalue weighted by molar-refractivity contribution is -0.137. The molecule has 0 bridgehead atoms. The Labute approximate surface area is 174 Å². The molecule has 3 rings (SSSR count). The summed E-state index contributed by atoms with van der Waals surface area (Å²) in [5.74, 6) is -0.0505. The number of halogens is 4. The monoisotopic (exact) mass is 440 g/mol. The number of carbonyl (C=O) groups is 1. The van der Waals surface area contributed by atoms with Gasteiger partial charge in [-0.2, -0.15) is 13.2 Å². The first-order valence-electron chi connectivity index (χ1n) is 8.71. The van der Waals surface area contributed by atoms with Crippen molar-refractivity contribution in [2.24, 2.45) is 0 Å². The van der Waals surface area contributed by atoms with Gasteiger partial charge in [-0.1, -0.05) is 28.9 Å². The van der Waals surface area contributed by atoms with E-state index in [0.717, 1.165) is 24.3 Å². The Morgan fingerprint density at radius 1 is 1.20 bits per heavy atom. The van der Waals surface area contributed by atoms with Crippen LogP contribution in [0.4, 0.5) is 13.2 Å². The van der Waals surface area contributed by atoms with Gasteiger partial charge in [-0.05, 0) is 36.4 Å². The second kappa shape index (κ2) is 9.19. The summed E-state index contributed by atoms with van der Waals surface area (Å²) in [6.07, 6.45) is -5.52. The maximum Gasteiger partial charge on any atom is 0.416 e. The summed E-state index contributed by atoms with van der Waals surface area (Å²) in [5.41, 5.74) is -0.132. The van der Waals surface area contributed by atoms with Crippen LogP contribution in [0.1, 0.15) is 16.1 Å². The van der Waals surface area contributed by atoms with E-state index in [9.17, 15) is 23.1 Å². The molecule has 0 saturated carbocycles. The lowest BCUT2D eigenvalue weighted by Crippen LogP contribution is -2.35. The lowest BCUT2D eigenvalue weighted by atomic mass is 10.1. The topological polar surface area (TPSA) is 84.6 Å². The molecule has 1 amide bonds. The van der Waals surface area contributed by atoms with Crippen LogP contribution in [0.2, 0.25) is 5.02 Å². The van der Waals surface area contributed by atoms with E-state index in [1.165, 1.54) is 6.07 Å². The van der Waals surface area contributed by atoms with Crippen LogP contribution in [0.5, 0.6) is 5.75 Å². The molecule has 158 valence electrons. The van der Waals surface area contributed by atoms with Crippen LogP contribution in [-0.4, -0.2) is 35.4 Å². The Balaban J connectivity index is 1.48. The van der Waals surface area contributed by atoms with Crippen molar-refractivity contribution in [3.63, 3.8) is 0 Å². The smallest absolute Gasteiger partial charge is 0.416 e. The highest BCUT2D eigenvalue weighted by atomic mass is 35.5. The number of benzene rings is 2. The molecule has 3 aromatic rings. The Kier molecular flexibility index (Phi) is 6.63. The highest BCUT2D eigenvalue weighted by molar-refractivity contribution is 6.30. The Hall–Kier alpha value is -3.04. The number of nitrogens with one attached hydrogen (secondary N) is 1. The highest BCUT2D eigenvalue weighted by Gasteiger charge is 2.30. The molecule has 1 unspecified atom stereocenters. The van der Waals surface area contributed by atoms with Crippen LogP contribution in [-0.2, 0) is 6.18 Å². The molecule has 1 heterocycles. The SMILES string of the molecule is O=C(NCC(O)COc1ccc(C(F)(F)F)cc1)c1cc(-c2cccc(Cl)c2)on1. The van der Waals surface area contributed by atoms with Crippen molar-refractivity contribution < 1.29 is 32.3 Å². The quantitative estimate of drug-likeness (QED) is 0.575. The molecule has 2 N–H and O–H groups in total. The molecule has 10 heteroatoms. The maximum absolute atomic E-state index is 12.5. The van der Waals surface area contributed by atoms with Gasteiger partial charge < -0.3 is 19.7 Å². The number of carbonyl (C=O) groups excluding carboxylic acids is 1. The summed E-state index contributed by atoms with van der Waals surface area (Å²) in [7, 11) is 0. The first-order chi connectivity index (χ1) is 14.2. The van der Waals surface area contributed by atoms with Crippen LogP contribution in [0.15, 0.2) is 59.1 Å². The number of aliphatic hydroxyl groups excluding tert-OH is 1. The molecular weight excluding hydrogens is 425 g/mol. The molecule has 0 radical (unpaired) electrons. The second-order valence-corrected chi connectivity index (χ2v) is 6.72. The summed E-state index contributed by atoms with van der Waals surface area (Å²) in [4.78, 5) is 12.1. The van der Waals surface area contributed by atoms with Crippen molar-refractivity contribution in [3.05, 3.63) is 70.9 Å². The highest BCUT2D eigenvalue weighted by Crippen LogP contribution is 2.30. The van der Waals surface area contributed by atoms with Crippen LogP contribution < -0.4 is 10.1 Å². The number of aliphatic hydroxyl groups is 1. The van der Waals surface area contributed by atoms with Gasteiger partial charge in [0.2, 0.25) is 0 Å². The minimum atomic E-state index is -4.43. The van der Waals surface area contributed by atoms with Crippen molar-refractivity contribution in [2.45, 2.75) is 12.3 Å². The van der Waals surface area contributed by atoms with Gasteiger partial charge in [0, 0.05) is 23.2 Å². The molecule has 2 aromatic carbocycles. The van der Waals surface area contributed by atoms with E-state index in [1.807, 2.05) is 0 Å². The van der Waals surface area contributed by atoms with E-state index in [4.69, 9.17) is 20.9 Å². The first-order valence-corrected chi connectivity index (χ1v) is 9.09. The zero-order chi connectivity index (χ0) is 21.7. The first kappa shape index (κ1) is 21.7. The molecule has 0 aliphatic rings. The molecular formula is C20H16ClF3N2O4. The minimum Gasteiger partial charge on any atom is -0.491 e.